The van der Waals surface area contributed by atoms with E-state index < -0.39 is 0 Å². The van der Waals surface area contributed by atoms with E-state index in [1.54, 1.807) is 41.6 Å². The minimum absolute atomic E-state index is 0.0532. The van der Waals surface area contributed by atoms with Gasteiger partial charge in [0.1, 0.15) is 0 Å². The summed E-state index contributed by atoms with van der Waals surface area (Å²) in [6.45, 7) is 4.42. The van der Waals surface area contributed by atoms with Gasteiger partial charge in [-0.05, 0) is 43.7 Å². The first-order valence-corrected chi connectivity index (χ1v) is 7.07. The fourth-order valence-electron chi connectivity index (χ4n) is 2.00. The summed E-state index contributed by atoms with van der Waals surface area (Å²) in [5, 5.41) is 11.7. The zero-order valence-corrected chi connectivity index (χ0v) is 12.7. The number of hydrogen-bond acceptors (Lipinski definition) is 3. The first kappa shape index (κ1) is 15.5. The summed E-state index contributed by atoms with van der Waals surface area (Å²) in [6.07, 6.45) is 3.27. The highest BCUT2D eigenvalue weighted by atomic mass is 16.2. The maximum Gasteiger partial charge on any atom is 0.322 e. The molecule has 0 aliphatic rings. The van der Waals surface area contributed by atoms with E-state index in [4.69, 9.17) is 5.26 Å². The van der Waals surface area contributed by atoms with E-state index in [0.717, 1.165) is 5.56 Å². The first-order chi connectivity index (χ1) is 10.6. The second-order valence-corrected chi connectivity index (χ2v) is 5.20. The largest absolute Gasteiger partial charge is 0.322 e. The number of pyridine rings is 1. The number of anilines is 1. The third-order valence-corrected chi connectivity index (χ3v) is 3.25. The molecule has 0 unspecified atom stereocenters. The molecule has 0 aliphatic carbocycles. The average molecular weight is 294 g/mol. The summed E-state index contributed by atoms with van der Waals surface area (Å²) in [5.74, 6) is 0. The van der Waals surface area contributed by atoms with Crippen LogP contribution in [-0.4, -0.2) is 22.0 Å². The number of carbonyl (C=O) groups excluding carboxylic acids is 1. The predicted octanol–water partition coefficient (Wildman–Crippen LogP) is 3.40. The van der Waals surface area contributed by atoms with E-state index in [1.165, 1.54) is 0 Å². The van der Waals surface area contributed by atoms with E-state index in [9.17, 15) is 4.79 Å². The number of hydrogen-bond donors (Lipinski definition) is 1. The van der Waals surface area contributed by atoms with Crippen molar-refractivity contribution < 1.29 is 4.79 Å². The number of rotatable bonds is 4. The molecule has 5 nitrogen and oxygen atoms in total. The van der Waals surface area contributed by atoms with E-state index in [0.29, 0.717) is 17.8 Å². The zero-order valence-electron chi connectivity index (χ0n) is 12.7. The van der Waals surface area contributed by atoms with Gasteiger partial charge in [-0.1, -0.05) is 12.1 Å². The van der Waals surface area contributed by atoms with Crippen LogP contribution in [0, 0.1) is 11.3 Å². The van der Waals surface area contributed by atoms with Gasteiger partial charge in [0.2, 0.25) is 0 Å². The minimum atomic E-state index is -0.162. The molecule has 0 spiro atoms. The summed E-state index contributed by atoms with van der Waals surface area (Å²) >= 11 is 0. The molecule has 2 rings (SSSR count). The van der Waals surface area contributed by atoms with Crippen LogP contribution in [0.3, 0.4) is 0 Å². The van der Waals surface area contributed by atoms with Crippen LogP contribution in [0.4, 0.5) is 10.5 Å². The van der Waals surface area contributed by atoms with Crippen molar-refractivity contribution in [2.75, 3.05) is 5.32 Å². The Kier molecular flexibility index (Phi) is 5.10. The lowest BCUT2D eigenvalue weighted by Crippen LogP contribution is -2.39. The van der Waals surface area contributed by atoms with Crippen molar-refractivity contribution in [3.63, 3.8) is 0 Å². The second kappa shape index (κ2) is 7.23. The number of amides is 2. The van der Waals surface area contributed by atoms with Crippen molar-refractivity contribution in [1.29, 1.82) is 5.26 Å². The lowest BCUT2D eigenvalue weighted by atomic mass is 10.1. The minimum Gasteiger partial charge on any atom is -0.318 e. The summed E-state index contributed by atoms with van der Waals surface area (Å²) in [6, 6.07) is 12.7. The molecule has 0 aliphatic heterocycles. The highest BCUT2D eigenvalue weighted by molar-refractivity contribution is 5.89. The molecular weight excluding hydrogens is 276 g/mol. The molecule has 22 heavy (non-hydrogen) atoms. The van der Waals surface area contributed by atoms with E-state index >= 15 is 0 Å². The van der Waals surface area contributed by atoms with Crippen LogP contribution in [0.1, 0.15) is 25.0 Å². The Hall–Kier alpha value is -2.87. The van der Waals surface area contributed by atoms with Gasteiger partial charge in [-0.3, -0.25) is 4.98 Å². The Labute approximate surface area is 130 Å². The number of benzene rings is 1. The fraction of sp³-hybridized carbons (Fsp3) is 0.235. The van der Waals surface area contributed by atoms with Crippen LogP contribution >= 0.6 is 0 Å². The number of carbonyl (C=O) groups is 1. The normalized spacial score (nSPS) is 10.1. The zero-order chi connectivity index (χ0) is 15.9. The smallest absolute Gasteiger partial charge is 0.318 e. The van der Waals surface area contributed by atoms with Crippen LogP contribution in [0.5, 0.6) is 0 Å². The molecule has 0 saturated heterocycles. The second-order valence-electron chi connectivity index (χ2n) is 5.20. The van der Waals surface area contributed by atoms with Crippen molar-refractivity contribution in [3.8, 4) is 6.07 Å². The van der Waals surface area contributed by atoms with Crippen LogP contribution in [0.15, 0.2) is 48.8 Å². The van der Waals surface area contributed by atoms with Gasteiger partial charge in [-0.15, -0.1) is 0 Å². The highest BCUT2D eigenvalue weighted by Crippen LogP contribution is 2.13. The van der Waals surface area contributed by atoms with Crippen molar-refractivity contribution in [2.24, 2.45) is 0 Å². The Morgan fingerprint density at radius 1 is 1.23 bits per heavy atom. The molecular formula is C17H18N4O. The predicted molar refractivity (Wildman–Crippen MR) is 85.1 cm³/mol. The van der Waals surface area contributed by atoms with E-state index in [-0.39, 0.29) is 12.1 Å². The average Bonchev–Trinajstić information content (AvgIpc) is 2.53. The summed E-state index contributed by atoms with van der Waals surface area (Å²) in [5.41, 5.74) is 2.31. The third kappa shape index (κ3) is 4.06. The maximum absolute atomic E-state index is 12.4. The SMILES string of the molecule is CC(C)N(Cc1ccc(C#N)cc1)C(=O)Nc1ccncc1. The van der Waals surface area contributed by atoms with Crippen LogP contribution in [0.25, 0.3) is 0 Å². The summed E-state index contributed by atoms with van der Waals surface area (Å²) in [7, 11) is 0. The van der Waals surface area contributed by atoms with Crippen LogP contribution < -0.4 is 5.32 Å². The molecule has 112 valence electrons. The molecule has 1 aromatic heterocycles. The Balaban J connectivity index is 2.08. The van der Waals surface area contributed by atoms with E-state index in [1.807, 2.05) is 26.0 Å². The molecule has 0 fully saturated rings. The number of nitriles is 1. The first-order valence-electron chi connectivity index (χ1n) is 7.07. The molecule has 1 heterocycles. The molecule has 0 bridgehead atoms. The van der Waals surface area contributed by atoms with Gasteiger partial charge in [-0.2, -0.15) is 5.26 Å². The van der Waals surface area contributed by atoms with Gasteiger partial charge in [0.15, 0.2) is 0 Å². The summed E-state index contributed by atoms with van der Waals surface area (Å²) in [4.78, 5) is 18.1. The van der Waals surface area contributed by atoms with Crippen LogP contribution in [-0.2, 0) is 6.54 Å². The molecule has 0 saturated carbocycles. The molecule has 0 radical (unpaired) electrons. The number of urea groups is 1. The fourth-order valence-corrected chi connectivity index (χ4v) is 2.00. The van der Waals surface area contributed by atoms with Crippen molar-refractivity contribution in [3.05, 3.63) is 59.9 Å². The molecule has 1 aromatic carbocycles. The molecule has 5 heteroatoms. The number of nitrogens with one attached hydrogen (secondary N) is 1. The number of nitrogens with zero attached hydrogens (tertiary/aromatic N) is 3. The molecule has 1 N–H and O–H groups in total. The topological polar surface area (TPSA) is 69.0 Å². The third-order valence-electron chi connectivity index (χ3n) is 3.25. The van der Waals surface area contributed by atoms with Crippen molar-refractivity contribution in [1.82, 2.24) is 9.88 Å². The lowest BCUT2D eigenvalue weighted by Gasteiger charge is -2.27. The lowest BCUT2D eigenvalue weighted by molar-refractivity contribution is 0.193. The summed E-state index contributed by atoms with van der Waals surface area (Å²) < 4.78 is 0. The standard InChI is InChI=1S/C17H18N4O/c1-13(2)21(12-15-5-3-14(11-18)4-6-15)17(22)20-16-7-9-19-10-8-16/h3-10,13H,12H2,1-2H3,(H,19,20,22). The number of aromatic nitrogens is 1. The van der Waals surface area contributed by atoms with Gasteiger partial charge in [0.05, 0.1) is 11.6 Å². The monoisotopic (exact) mass is 294 g/mol. The van der Waals surface area contributed by atoms with Gasteiger partial charge in [0, 0.05) is 30.7 Å². The Morgan fingerprint density at radius 2 is 1.86 bits per heavy atom. The molecule has 0 atom stereocenters. The molecule has 2 amide bonds. The quantitative estimate of drug-likeness (QED) is 0.939. The van der Waals surface area contributed by atoms with Crippen LogP contribution in [0.2, 0.25) is 0 Å². The van der Waals surface area contributed by atoms with Crippen molar-refractivity contribution in [2.45, 2.75) is 26.4 Å². The van der Waals surface area contributed by atoms with Gasteiger partial charge >= 0.3 is 6.03 Å². The Bertz CT molecular complexity index is 659. The van der Waals surface area contributed by atoms with Gasteiger partial charge in [0.25, 0.3) is 0 Å². The van der Waals surface area contributed by atoms with Gasteiger partial charge in [-0.25, -0.2) is 4.79 Å². The highest BCUT2D eigenvalue weighted by Gasteiger charge is 2.17. The Morgan fingerprint density at radius 3 is 2.41 bits per heavy atom. The van der Waals surface area contributed by atoms with Gasteiger partial charge < -0.3 is 10.2 Å². The van der Waals surface area contributed by atoms with E-state index in [2.05, 4.69) is 16.4 Å². The maximum atomic E-state index is 12.4. The van der Waals surface area contributed by atoms with Crippen molar-refractivity contribution >= 4 is 11.7 Å². The molecule has 2 aromatic rings.